The molecule has 0 aliphatic heterocycles. The zero-order valence-corrected chi connectivity index (χ0v) is 14.1. The van der Waals surface area contributed by atoms with E-state index in [2.05, 4.69) is 72.2 Å². The van der Waals surface area contributed by atoms with Crippen LogP contribution in [0.3, 0.4) is 0 Å². The molecule has 0 saturated carbocycles. The van der Waals surface area contributed by atoms with Crippen LogP contribution in [0, 0.1) is 0 Å². The molecule has 0 spiro atoms. The number of benzene rings is 1. The van der Waals surface area contributed by atoms with E-state index in [1.165, 1.54) is 11.3 Å². The molecule has 0 radical (unpaired) electrons. The summed E-state index contributed by atoms with van der Waals surface area (Å²) in [6, 6.07) is 6.75. The lowest BCUT2D eigenvalue weighted by Crippen LogP contribution is -2.26. The van der Waals surface area contributed by atoms with E-state index in [1.807, 2.05) is 7.05 Å². The summed E-state index contributed by atoms with van der Waals surface area (Å²) in [4.78, 5) is 2.25. The van der Waals surface area contributed by atoms with Gasteiger partial charge in [0, 0.05) is 29.8 Å². The Hall–Kier alpha value is -0.580. The van der Waals surface area contributed by atoms with Crippen molar-refractivity contribution in [2.24, 2.45) is 0 Å². The van der Waals surface area contributed by atoms with Crippen molar-refractivity contribution >= 4 is 21.6 Å². The summed E-state index contributed by atoms with van der Waals surface area (Å²) in [5.74, 6) is 0. The average molecular weight is 329 g/mol. The van der Waals surface area contributed by atoms with Gasteiger partial charge in [-0.25, -0.2) is 0 Å². The Morgan fingerprint density at radius 1 is 1.32 bits per heavy atom. The van der Waals surface area contributed by atoms with Crippen molar-refractivity contribution in [3.63, 3.8) is 0 Å². The minimum Gasteiger partial charge on any atom is -0.377 e. The first-order valence-electron chi connectivity index (χ1n) is 6.75. The van der Waals surface area contributed by atoms with Gasteiger partial charge >= 0.3 is 0 Å². The van der Waals surface area contributed by atoms with Crippen LogP contribution in [0.25, 0.3) is 0 Å². The third kappa shape index (κ3) is 5.13. The van der Waals surface area contributed by atoms with Gasteiger partial charge in [-0.1, -0.05) is 22.0 Å². The number of likely N-dealkylation sites (N-methyl/N-ethyl adjacent to an activating group) is 1. The number of nitrogens with one attached hydrogen (secondary N) is 1. The first-order valence-corrected chi connectivity index (χ1v) is 7.54. The second kappa shape index (κ2) is 7.88. The smallest absolute Gasteiger partial charge is 0.0644 e. The lowest BCUT2D eigenvalue weighted by atomic mass is 10.1. The minimum atomic E-state index is 0.284. The van der Waals surface area contributed by atoms with Crippen molar-refractivity contribution in [3.8, 4) is 0 Å². The van der Waals surface area contributed by atoms with Gasteiger partial charge in [-0.2, -0.15) is 0 Å². The Balaban J connectivity index is 2.81. The van der Waals surface area contributed by atoms with E-state index in [-0.39, 0.29) is 6.10 Å². The predicted octanol–water partition coefficient (Wildman–Crippen LogP) is 3.59. The molecule has 0 bridgehead atoms. The average Bonchev–Trinajstić information content (AvgIpc) is 2.37. The van der Waals surface area contributed by atoms with Crippen molar-refractivity contribution in [2.75, 3.05) is 32.1 Å². The SMILES string of the molecule is CNC(C)c1ccc(Br)cc1N(C)CCOC(C)C. The highest BCUT2D eigenvalue weighted by molar-refractivity contribution is 9.10. The fraction of sp³-hybridized carbons (Fsp3) is 0.600. The summed E-state index contributed by atoms with van der Waals surface area (Å²) in [6.45, 7) is 7.93. The number of nitrogens with zero attached hydrogens (tertiary/aromatic N) is 1. The van der Waals surface area contributed by atoms with Crippen molar-refractivity contribution in [2.45, 2.75) is 32.9 Å². The van der Waals surface area contributed by atoms with Gasteiger partial charge in [-0.05, 0) is 45.5 Å². The standard InChI is InChI=1S/C15H25BrN2O/c1-11(2)19-9-8-18(5)15-10-13(16)6-7-14(15)12(3)17-4/h6-7,10-12,17H,8-9H2,1-5H3. The fourth-order valence-electron chi connectivity index (χ4n) is 1.91. The molecule has 1 aromatic rings. The molecule has 3 nitrogen and oxygen atoms in total. The van der Waals surface area contributed by atoms with E-state index in [0.717, 1.165) is 17.6 Å². The summed E-state index contributed by atoms with van der Waals surface area (Å²) in [7, 11) is 4.09. The topological polar surface area (TPSA) is 24.5 Å². The predicted molar refractivity (Wildman–Crippen MR) is 86.0 cm³/mol. The quantitative estimate of drug-likeness (QED) is 0.827. The minimum absolute atomic E-state index is 0.284. The second-order valence-corrected chi connectivity index (χ2v) is 5.97. The Labute approximate surface area is 125 Å². The van der Waals surface area contributed by atoms with Gasteiger partial charge < -0.3 is 15.0 Å². The fourth-order valence-corrected chi connectivity index (χ4v) is 2.26. The molecule has 1 aromatic carbocycles. The molecule has 0 aliphatic carbocycles. The lowest BCUT2D eigenvalue weighted by molar-refractivity contribution is 0.0846. The van der Waals surface area contributed by atoms with E-state index < -0.39 is 0 Å². The highest BCUT2D eigenvalue weighted by Crippen LogP contribution is 2.28. The lowest BCUT2D eigenvalue weighted by Gasteiger charge is -2.25. The van der Waals surface area contributed by atoms with Gasteiger partial charge in [0.05, 0.1) is 12.7 Å². The Kier molecular flexibility index (Phi) is 6.83. The normalized spacial score (nSPS) is 12.8. The highest BCUT2D eigenvalue weighted by atomic mass is 79.9. The third-order valence-corrected chi connectivity index (χ3v) is 3.67. The molecule has 0 saturated heterocycles. The maximum atomic E-state index is 5.62. The molecule has 0 aromatic heterocycles. The van der Waals surface area contributed by atoms with Crippen LogP contribution in [0.5, 0.6) is 0 Å². The van der Waals surface area contributed by atoms with E-state index in [4.69, 9.17) is 4.74 Å². The van der Waals surface area contributed by atoms with Crippen molar-refractivity contribution < 1.29 is 4.74 Å². The summed E-state index contributed by atoms with van der Waals surface area (Å²) in [5.41, 5.74) is 2.54. The largest absolute Gasteiger partial charge is 0.377 e. The van der Waals surface area contributed by atoms with Crippen LogP contribution < -0.4 is 10.2 Å². The molecule has 1 unspecified atom stereocenters. The number of hydrogen-bond donors (Lipinski definition) is 1. The first-order chi connectivity index (χ1) is 8.95. The molecule has 4 heteroatoms. The van der Waals surface area contributed by atoms with Crippen molar-refractivity contribution in [3.05, 3.63) is 28.2 Å². The Morgan fingerprint density at radius 2 is 2.00 bits per heavy atom. The van der Waals surface area contributed by atoms with Gasteiger partial charge in [0.15, 0.2) is 0 Å². The first kappa shape index (κ1) is 16.5. The third-order valence-electron chi connectivity index (χ3n) is 3.18. The number of halogens is 1. The molecular weight excluding hydrogens is 304 g/mol. The maximum absolute atomic E-state index is 5.62. The van der Waals surface area contributed by atoms with Crippen LogP contribution >= 0.6 is 15.9 Å². The summed E-state index contributed by atoms with van der Waals surface area (Å²) >= 11 is 3.55. The summed E-state index contributed by atoms with van der Waals surface area (Å²) in [6.07, 6.45) is 0.284. The van der Waals surface area contributed by atoms with E-state index in [0.29, 0.717) is 6.04 Å². The molecule has 1 rings (SSSR count). The molecule has 1 atom stereocenters. The maximum Gasteiger partial charge on any atom is 0.0644 e. The van der Waals surface area contributed by atoms with E-state index in [1.54, 1.807) is 0 Å². The molecule has 0 fully saturated rings. The molecule has 0 amide bonds. The van der Waals surface area contributed by atoms with Gasteiger partial charge in [-0.15, -0.1) is 0 Å². The number of anilines is 1. The van der Waals surface area contributed by atoms with Gasteiger partial charge in [0.25, 0.3) is 0 Å². The summed E-state index contributed by atoms with van der Waals surface area (Å²) in [5, 5.41) is 3.30. The van der Waals surface area contributed by atoms with Gasteiger partial charge in [-0.3, -0.25) is 0 Å². The van der Waals surface area contributed by atoms with Gasteiger partial charge in [0.1, 0.15) is 0 Å². The van der Waals surface area contributed by atoms with E-state index >= 15 is 0 Å². The Bertz CT molecular complexity index is 396. The van der Waals surface area contributed by atoms with Crippen LogP contribution in [-0.4, -0.2) is 33.4 Å². The monoisotopic (exact) mass is 328 g/mol. The van der Waals surface area contributed by atoms with Crippen LogP contribution in [-0.2, 0) is 4.74 Å². The van der Waals surface area contributed by atoms with Crippen LogP contribution in [0.4, 0.5) is 5.69 Å². The summed E-state index contributed by atoms with van der Waals surface area (Å²) < 4.78 is 6.72. The zero-order valence-electron chi connectivity index (χ0n) is 12.5. The van der Waals surface area contributed by atoms with Crippen molar-refractivity contribution in [1.82, 2.24) is 5.32 Å². The molecule has 0 aliphatic rings. The molecular formula is C15H25BrN2O. The van der Waals surface area contributed by atoms with Crippen LogP contribution in [0.15, 0.2) is 22.7 Å². The van der Waals surface area contributed by atoms with Gasteiger partial charge in [0.2, 0.25) is 0 Å². The molecule has 108 valence electrons. The number of ether oxygens (including phenoxy) is 1. The highest BCUT2D eigenvalue weighted by Gasteiger charge is 2.12. The second-order valence-electron chi connectivity index (χ2n) is 5.05. The van der Waals surface area contributed by atoms with Crippen LogP contribution in [0.1, 0.15) is 32.4 Å². The van der Waals surface area contributed by atoms with E-state index in [9.17, 15) is 0 Å². The Morgan fingerprint density at radius 3 is 2.58 bits per heavy atom. The van der Waals surface area contributed by atoms with Crippen molar-refractivity contribution in [1.29, 1.82) is 0 Å². The molecule has 1 N–H and O–H groups in total. The van der Waals surface area contributed by atoms with Crippen LogP contribution in [0.2, 0.25) is 0 Å². The zero-order chi connectivity index (χ0) is 14.4. The number of rotatable bonds is 7. The molecule has 0 heterocycles. The number of hydrogen-bond acceptors (Lipinski definition) is 3. The molecule has 19 heavy (non-hydrogen) atoms.